The molecule has 28 heavy (non-hydrogen) atoms. The fourth-order valence-electron chi connectivity index (χ4n) is 4.26. The maximum absolute atomic E-state index is 13.8. The molecule has 1 N–H and O–H groups in total. The predicted octanol–water partition coefficient (Wildman–Crippen LogP) is 4.83. The standard InChI is InChI=1S/C23H26FNO3/c24-18-6-3-5-17(15-18)23(12-1-2-13-23)22(26)25-19-8-10-20(11-9-19)28-16-21-7-4-14-27-21/h3,5-6,8-11,15,21H,1-2,4,7,12-14,16H2,(H,25,26). The van der Waals surface area contributed by atoms with Crippen LogP contribution >= 0.6 is 0 Å². The molecule has 1 aliphatic carbocycles. The third-order valence-electron chi connectivity index (χ3n) is 5.84. The number of carbonyl (C=O) groups is 1. The molecule has 4 rings (SSSR count). The lowest BCUT2D eigenvalue weighted by Crippen LogP contribution is -2.38. The van der Waals surface area contributed by atoms with Crippen molar-refractivity contribution in [2.75, 3.05) is 18.5 Å². The number of hydrogen-bond acceptors (Lipinski definition) is 3. The van der Waals surface area contributed by atoms with Gasteiger partial charge in [-0.05, 0) is 67.6 Å². The number of anilines is 1. The van der Waals surface area contributed by atoms with Crippen molar-refractivity contribution in [3.05, 3.63) is 59.9 Å². The van der Waals surface area contributed by atoms with Crippen LogP contribution in [0.3, 0.4) is 0 Å². The van der Waals surface area contributed by atoms with Crippen LogP contribution in [0.25, 0.3) is 0 Å². The van der Waals surface area contributed by atoms with E-state index >= 15 is 0 Å². The molecule has 1 heterocycles. The minimum Gasteiger partial charge on any atom is -0.491 e. The molecule has 2 aromatic carbocycles. The molecule has 1 atom stereocenters. The summed E-state index contributed by atoms with van der Waals surface area (Å²) >= 11 is 0. The number of nitrogens with one attached hydrogen (secondary N) is 1. The number of carbonyl (C=O) groups excluding carboxylic acids is 1. The van der Waals surface area contributed by atoms with E-state index in [4.69, 9.17) is 9.47 Å². The Morgan fingerprint density at radius 1 is 1.14 bits per heavy atom. The van der Waals surface area contributed by atoms with Crippen molar-refractivity contribution in [2.45, 2.75) is 50.0 Å². The van der Waals surface area contributed by atoms with E-state index in [9.17, 15) is 9.18 Å². The summed E-state index contributed by atoms with van der Waals surface area (Å²) in [7, 11) is 0. The average molecular weight is 383 g/mol. The predicted molar refractivity (Wildman–Crippen MR) is 106 cm³/mol. The third kappa shape index (κ3) is 4.04. The molecule has 148 valence electrons. The van der Waals surface area contributed by atoms with Crippen LogP contribution in [0.4, 0.5) is 10.1 Å². The van der Waals surface area contributed by atoms with Crippen molar-refractivity contribution < 1.29 is 18.7 Å². The van der Waals surface area contributed by atoms with Gasteiger partial charge in [-0.25, -0.2) is 4.39 Å². The Morgan fingerprint density at radius 3 is 2.61 bits per heavy atom. The van der Waals surface area contributed by atoms with Gasteiger partial charge in [0.15, 0.2) is 0 Å². The number of amides is 1. The van der Waals surface area contributed by atoms with Crippen molar-refractivity contribution >= 4 is 11.6 Å². The van der Waals surface area contributed by atoms with Crippen LogP contribution in [-0.2, 0) is 14.9 Å². The van der Waals surface area contributed by atoms with Gasteiger partial charge in [0.05, 0.1) is 11.5 Å². The van der Waals surface area contributed by atoms with Crippen LogP contribution in [0.15, 0.2) is 48.5 Å². The summed E-state index contributed by atoms with van der Waals surface area (Å²) in [5.41, 5.74) is 0.827. The van der Waals surface area contributed by atoms with Crippen molar-refractivity contribution in [3.8, 4) is 5.75 Å². The van der Waals surface area contributed by atoms with Gasteiger partial charge in [-0.15, -0.1) is 0 Å². The molecular formula is C23H26FNO3. The van der Waals surface area contributed by atoms with Gasteiger partial charge in [-0.2, -0.15) is 0 Å². The molecule has 5 heteroatoms. The zero-order chi connectivity index (χ0) is 19.4. The Morgan fingerprint density at radius 2 is 1.93 bits per heavy atom. The molecule has 0 bridgehead atoms. The monoisotopic (exact) mass is 383 g/mol. The summed E-state index contributed by atoms with van der Waals surface area (Å²) in [6.07, 6.45) is 5.73. The molecule has 1 saturated carbocycles. The van der Waals surface area contributed by atoms with E-state index in [0.29, 0.717) is 6.61 Å². The lowest BCUT2D eigenvalue weighted by atomic mass is 9.78. The Balaban J connectivity index is 1.43. The molecule has 0 aromatic heterocycles. The van der Waals surface area contributed by atoms with Gasteiger partial charge >= 0.3 is 0 Å². The van der Waals surface area contributed by atoms with Crippen molar-refractivity contribution in [3.63, 3.8) is 0 Å². The number of halogens is 1. The molecule has 2 fully saturated rings. The highest BCUT2D eigenvalue weighted by molar-refractivity contribution is 5.99. The van der Waals surface area contributed by atoms with E-state index in [1.54, 1.807) is 6.07 Å². The first kappa shape index (κ1) is 18.9. The molecule has 1 saturated heterocycles. The lowest BCUT2D eigenvalue weighted by Gasteiger charge is -2.28. The number of hydrogen-bond donors (Lipinski definition) is 1. The van der Waals surface area contributed by atoms with Crippen LogP contribution in [0, 0.1) is 5.82 Å². The van der Waals surface area contributed by atoms with E-state index in [1.807, 2.05) is 30.3 Å². The van der Waals surface area contributed by atoms with E-state index in [0.717, 1.165) is 62.1 Å². The maximum Gasteiger partial charge on any atom is 0.235 e. The smallest absolute Gasteiger partial charge is 0.235 e. The second kappa shape index (κ2) is 8.31. The maximum atomic E-state index is 13.8. The van der Waals surface area contributed by atoms with Crippen LogP contribution in [0.2, 0.25) is 0 Å². The highest BCUT2D eigenvalue weighted by Crippen LogP contribution is 2.42. The largest absolute Gasteiger partial charge is 0.491 e. The van der Waals surface area contributed by atoms with Gasteiger partial charge in [-0.3, -0.25) is 4.79 Å². The minimum atomic E-state index is -0.656. The number of rotatable bonds is 6. The Labute approximate surface area is 165 Å². The molecule has 1 unspecified atom stereocenters. The van der Waals surface area contributed by atoms with E-state index < -0.39 is 5.41 Å². The Kier molecular flexibility index (Phi) is 5.62. The first-order valence-corrected chi connectivity index (χ1v) is 10.1. The van der Waals surface area contributed by atoms with Gasteiger partial charge in [0, 0.05) is 12.3 Å². The van der Waals surface area contributed by atoms with Gasteiger partial charge in [0.25, 0.3) is 0 Å². The summed E-state index contributed by atoms with van der Waals surface area (Å²) in [5, 5.41) is 3.03. The number of benzene rings is 2. The molecule has 0 radical (unpaired) electrons. The quantitative estimate of drug-likeness (QED) is 0.777. The second-order valence-electron chi connectivity index (χ2n) is 7.72. The summed E-state index contributed by atoms with van der Waals surface area (Å²) in [6, 6.07) is 13.8. The van der Waals surface area contributed by atoms with Crippen LogP contribution in [0.5, 0.6) is 5.75 Å². The lowest BCUT2D eigenvalue weighted by molar-refractivity contribution is -0.121. The van der Waals surface area contributed by atoms with E-state index in [1.165, 1.54) is 12.1 Å². The van der Waals surface area contributed by atoms with Gasteiger partial charge in [0.1, 0.15) is 18.2 Å². The van der Waals surface area contributed by atoms with E-state index in [2.05, 4.69) is 5.32 Å². The van der Waals surface area contributed by atoms with E-state index in [-0.39, 0.29) is 17.8 Å². The highest BCUT2D eigenvalue weighted by atomic mass is 19.1. The molecule has 4 nitrogen and oxygen atoms in total. The van der Waals surface area contributed by atoms with Crippen LogP contribution in [-0.4, -0.2) is 25.2 Å². The zero-order valence-corrected chi connectivity index (χ0v) is 16.0. The number of ether oxygens (including phenoxy) is 2. The summed E-state index contributed by atoms with van der Waals surface area (Å²) in [5.74, 6) is 0.391. The third-order valence-corrected chi connectivity index (χ3v) is 5.84. The van der Waals surface area contributed by atoms with Crippen molar-refractivity contribution in [2.24, 2.45) is 0 Å². The van der Waals surface area contributed by atoms with Gasteiger partial charge < -0.3 is 14.8 Å². The van der Waals surface area contributed by atoms with Gasteiger partial charge in [-0.1, -0.05) is 25.0 Å². The second-order valence-corrected chi connectivity index (χ2v) is 7.72. The SMILES string of the molecule is O=C(Nc1ccc(OCC2CCCO2)cc1)C1(c2cccc(F)c2)CCCC1. The van der Waals surface area contributed by atoms with Crippen molar-refractivity contribution in [1.29, 1.82) is 0 Å². The first-order valence-electron chi connectivity index (χ1n) is 10.1. The molecule has 2 aliphatic rings. The summed E-state index contributed by atoms with van der Waals surface area (Å²) < 4.78 is 25.1. The van der Waals surface area contributed by atoms with Crippen LogP contribution < -0.4 is 10.1 Å². The molecule has 2 aromatic rings. The zero-order valence-electron chi connectivity index (χ0n) is 16.0. The summed E-state index contributed by atoms with van der Waals surface area (Å²) in [4.78, 5) is 13.2. The topological polar surface area (TPSA) is 47.6 Å². The fraction of sp³-hybridized carbons (Fsp3) is 0.435. The molecule has 0 spiro atoms. The first-order chi connectivity index (χ1) is 13.7. The van der Waals surface area contributed by atoms with Crippen LogP contribution in [0.1, 0.15) is 44.1 Å². The Bertz CT molecular complexity index is 809. The normalized spacial score (nSPS) is 20.8. The van der Waals surface area contributed by atoms with Gasteiger partial charge in [0.2, 0.25) is 5.91 Å². The van der Waals surface area contributed by atoms with Crippen molar-refractivity contribution in [1.82, 2.24) is 0 Å². The highest BCUT2D eigenvalue weighted by Gasteiger charge is 2.42. The Hall–Kier alpha value is -2.40. The minimum absolute atomic E-state index is 0.0661. The molecule has 1 amide bonds. The fourth-order valence-corrected chi connectivity index (χ4v) is 4.26. The average Bonchev–Trinajstić information content (AvgIpc) is 3.40. The molecule has 1 aliphatic heterocycles. The summed E-state index contributed by atoms with van der Waals surface area (Å²) in [6.45, 7) is 1.36. The molecular weight excluding hydrogens is 357 g/mol.